The highest BCUT2D eigenvalue weighted by atomic mass is 32.1. The second-order valence-electron chi connectivity index (χ2n) is 5.55. The van der Waals surface area contributed by atoms with Gasteiger partial charge in [-0.05, 0) is 30.5 Å². The van der Waals surface area contributed by atoms with Crippen LogP contribution in [0.2, 0.25) is 0 Å². The summed E-state index contributed by atoms with van der Waals surface area (Å²) in [6, 6.07) is 6.64. The average Bonchev–Trinajstić information content (AvgIpc) is 3.34. The van der Waals surface area contributed by atoms with Gasteiger partial charge in [0.1, 0.15) is 12.0 Å². The van der Waals surface area contributed by atoms with E-state index in [0.29, 0.717) is 17.3 Å². The van der Waals surface area contributed by atoms with E-state index in [1.165, 1.54) is 23.9 Å². The summed E-state index contributed by atoms with van der Waals surface area (Å²) in [5.41, 5.74) is -0.702. The predicted molar refractivity (Wildman–Crippen MR) is 85.0 cm³/mol. The molecule has 8 heteroatoms. The molecule has 1 atom stereocenters. The number of thiophene rings is 1. The van der Waals surface area contributed by atoms with Gasteiger partial charge in [0.05, 0.1) is 23.4 Å². The molecule has 4 rings (SSSR count). The lowest BCUT2D eigenvalue weighted by atomic mass is 9.99. The number of aromatic nitrogens is 1. The van der Waals surface area contributed by atoms with Crippen molar-refractivity contribution in [2.24, 2.45) is 0 Å². The van der Waals surface area contributed by atoms with E-state index in [0.717, 1.165) is 9.78 Å². The number of urea groups is 1. The molecule has 3 aromatic rings. The molecular weight excluding hydrogens is 330 g/mol. The van der Waals surface area contributed by atoms with Crippen LogP contribution in [0.1, 0.15) is 18.4 Å². The van der Waals surface area contributed by atoms with Crippen LogP contribution in [0.3, 0.4) is 0 Å². The fraction of sp³-hybridized carbons (Fsp3) is 0.188. The maximum absolute atomic E-state index is 12.7. The fourth-order valence-electron chi connectivity index (χ4n) is 2.63. The molecule has 0 unspecified atom stereocenters. The van der Waals surface area contributed by atoms with Crippen molar-refractivity contribution in [1.29, 1.82) is 0 Å². The van der Waals surface area contributed by atoms with Crippen molar-refractivity contribution in [3.05, 3.63) is 53.6 Å². The Labute approximate surface area is 140 Å². The third-order valence-corrected chi connectivity index (χ3v) is 4.75. The summed E-state index contributed by atoms with van der Waals surface area (Å²) in [4.78, 5) is 31.3. The zero-order valence-electron chi connectivity index (χ0n) is 12.7. The van der Waals surface area contributed by atoms with E-state index in [9.17, 15) is 9.59 Å². The summed E-state index contributed by atoms with van der Waals surface area (Å²) in [7, 11) is 0. The number of nitrogens with one attached hydrogen (secondary N) is 1. The Kier molecular flexibility index (Phi) is 3.27. The second kappa shape index (κ2) is 5.34. The maximum atomic E-state index is 12.7. The number of nitrogens with zero attached hydrogens (tertiary/aromatic N) is 2. The van der Waals surface area contributed by atoms with Crippen molar-refractivity contribution in [2.45, 2.75) is 19.0 Å². The molecule has 0 radical (unpaired) electrons. The number of carbonyl (C=O) groups is 2. The fourth-order valence-corrected chi connectivity index (χ4v) is 3.28. The van der Waals surface area contributed by atoms with Gasteiger partial charge in [-0.15, -0.1) is 11.3 Å². The lowest BCUT2D eigenvalue weighted by Gasteiger charge is -2.18. The van der Waals surface area contributed by atoms with Crippen LogP contribution in [0.25, 0.3) is 10.8 Å². The van der Waals surface area contributed by atoms with Crippen LogP contribution in [0.15, 0.2) is 51.0 Å². The van der Waals surface area contributed by atoms with Crippen LogP contribution in [0, 0.1) is 0 Å². The molecule has 4 heterocycles. The van der Waals surface area contributed by atoms with Gasteiger partial charge in [0, 0.05) is 0 Å². The molecular formula is C16H13N3O4S. The van der Waals surface area contributed by atoms with Crippen molar-refractivity contribution >= 4 is 23.3 Å². The smallest absolute Gasteiger partial charge is 0.325 e. The highest BCUT2D eigenvalue weighted by molar-refractivity contribution is 7.13. The normalized spacial score (nSPS) is 20.6. The number of rotatable bonds is 4. The third kappa shape index (κ3) is 2.23. The number of amides is 3. The van der Waals surface area contributed by atoms with E-state index >= 15 is 0 Å². The number of imide groups is 1. The molecule has 1 fully saturated rings. The van der Waals surface area contributed by atoms with Gasteiger partial charge in [-0.1, -0.05) is 6.07 Å². The molecule has 122 valence electrons. The van der Waals surface area contributed by atoms with Crippen LogP contribution in [0.4, 0.5) is 4.79 Å². The summed E-state index contributed by atoms with van der Waals surface area (Å²) < 4.78 is 10.7. The summed E-state index contributed by atoms with van der Waals surface area (Å²) in [5.74, 6) is 0.478. The minimum absolute atomic E-state index is 0.0375. The van der Waals surface area contributed by atoms with Crippen molar-refractivity contribution in [3.8, 4) is 10.8 Å². The van der Waals surface area contributed by atoms with Crippen LogP contribution in [-0.2, 0) is 16.9 Å². The topological polar surface area (TPSA) is 88.6 Å². The van der Waals surface area contributed by atoms with Crippen LogP contribution >= 0.6 is 11.3 Å². The van der Waals surface area contributed by atoms with E-state index in [1.54, 1.807) is 19.1 Å². The number of carbonyl (C=O) groups excluding carboxylic acids is 2. The molecule has 1 saturated heterocycles. The first-order valence-electron chi connectivity index (χ1n) is 7.24. The Morgan fingerprint density at radius 3 is 2.88 bits per heavy atom. The monoisotopic (exact) mass is 343 g/mol. The van der Waals surface area contributed by atoms with E-state index in [1.807, 2.05) is 17.5 Å². The zero-order chi connectivity index (χ0) is 16.7. The first-order chi connectivity index (χ1) is 11.6. The molecule has 0 aromatic carbocycles. The van der Waals surface area contributed by atoms with Crippen molar-refractivity contribution < 1.29 is 18.4 Å². The Balaban J connectivity index is 1.57. The van der Waals surface area contributed by atoms with E-state index in [-0.39, 0.29) is 12.5 Å². The highest BCUT2D eigenvalue weighted by Gasteiger charge is 2.51. The minimum Gasteiger partial charge on any atom is -0.466 e. The Morgan fingerprint density at radius 1 is 1.29 bits per heavy atom. The SMILES string of the molecule is C[C@]1(c2ccco2)NC(=O)N(Cc2coc(-c3cccs3)n2)C1=O. The molecule has 0 bridgehead atoms. The van der Waals surface area contributed by atoms with Gasteiger partial charge >= 0.3 is 6.03 Å². The standard InChI is InChI=1S/C16H13N3O4S/c1-16(12-5-2-6-22-12)14(20)19(15(21)18-16)8-10-9-23-13(17-10)11-4-3-7-24-11/h2-7,9H,8H2,1H3,(H,18,21)/t16-/m1/s1. The Bertz CT molecular complexity index is 884. The minimum atomic E-state index is -1.21. The van der Waals surface area contributed by atoms with Gasteiger partial charge in [-0.2, -0.15) is 0 Å². The van der Waals surface area contributed by atoms with Gasteiger partial charge < -0.3 is 14.2 Å². The number of oxazole rings is 1. The average molecular weight is 343 g/mol. The lowest BCUT2D eigenvalue weighted by molar-refractivity contribution is -0.132. The molecule has 1 N–H and O–H groups in total. The summed E-state index contributed by atoms with van der Waals surface area (Å²) in [6.45, 7) is 1.65. The van der Waals surface area contributed by atoms with Gasteiger partial charge in [0.15, 0.2) is 5.54 Å². The number of hydrogen-bond donors (Lipinski definition) is 1. The first-order valence-corrected chi connectivity index (χ1v) is 8.12. The Hall–Kier alpha value is -2.87. The molecule has 0 saturated carbocycles. The molecule has 0 aliphatic carbocycles. The lowest BCUT2D eigenvalue weighted by Crippen LogP contribution is -2.40. The quantitative estimate of drug-likeness (QED) is 0.736. The summed E-state index contributed by atoms with van der Waals surface area (Å²) in [6.07, 6.45) is 2.92. The van der Waals surface area contributed by atoms with Gasteiger partial charge in [0.2, 0.25) is 5.89 Å². The number of furan rings is 1. The van der Waals surface area contributed by atoms with E-state index < -0.39 is 11.6 Å². The zero-order valence-corrected chi connectivity index (χ0v) is 13.5. The molecule has 1 aliphatic heterocycles. The van der Waals surface area contributed by atoms with Crippen molar-refractivity contribution in [3.63, 3.8) is 0 Å². The second-order valence-corrected chi connectivity index (χ2v) is 6.49. The molecule has 7 nitrogen and oxygen atoms in total. The summed E-state index contributed by atoms with van der Waals surface area (Å²) in [5, 5.41) is 4.60. The molecule has 3 amide bonds. The van der Waals surface area contributed by atoms with Crippen molar-refractivity contribution in [2.75, 3.05) is 0 Å². The van der Waals surface area contributed by atoms with Crippen LogP contribution in [0.5, 0.6) is 0 Å². The largest absolute Gasteiger partial charge is 0.466 e. The predicted octanol–water partition coefficient (Wildman–Crippen LogP) is 2.96. The maximum Gasteiger partial charge on any atom is 0.325 e. The van der Waals surface area contributed by atoms with Gasteiger partial charge in [-0.3, -0.25) is 9.69 Å². The van der Waals surface area contributed by atoms with Gasteiger partial charge in [-0.25, -0.2) is 9.78 Å². The molecule has 0 spiro atoms. The van der Waals surface area contributed by atoms with E-state index in [4.69, 9.17) is 8.83 Å². The molecule has 3 aromatic heterocycles. The van der Waals surface area contributed by atoms with Gasteiger partial charge in [0.25, 0.3) is 5.91 Å². The first kappa shape index (κ1) is 14.7. The van der Waals surface area contributed by atoms with Crippen LogP contribution < -0.4 is 5.32 Å². The summed E-state index contributed by atoms with van der Waals surface area (Å²) >= 11 is 1.50. The molecule has 24 heavy (non-hydrogen) atoms. The van der Waals surface area contributed by atoms with Crippen molar-refractivity contribution in [1.82, 2.24) is 15.2 Å². The third-order valence-electron chi connectivity index (χ3n) is 3.89. The molecule has 1 aliphatic rings. The number of hydrogen-bond acceptors (Lipinski definition) is 6. The van der Waals surface area contributed by atoms with Crippen LogP contribution in [-0.4, -0.2) is 21.8 Å². The van der Waals surface area contributed by atoms with E-state index in [2.05, 4.69) is 10.3 Å². The highest BCUT2D eigenvalue weighted by Crippen LogP contribution is 2.30. The Morgan fingerprint density at radius 2 is 2.17 bits per heavy atom.